The number of carbonyl (C=O) groups excluding carboxylic acids is 2. The van der Waals surface area contributed by atoms with Crippen LogP contribution in [-0.2, 0) is 21.4 Å². The lowest BCUT2D eigenvalue weighted by molar-refractivity contribution is -0.143. The molecule has 0 spiro atoms. The molecule has 1 aromatic heterocycles. The van der Waals surface area contributed by atoms with E-state index in [0.717, 1.165) is 22.5 Å². The number of nitrogens with zero attached hydrogens (tertiary/aromatic N) is 2. The maximum absolute atomic E-state index is 11.8. The number of hydrogen-bond acceptors (Lipinski definition) is 4. The lowest BCUT2D eigenvalue weighted by Gasteiger charge is -2.12. The van der Waals surface area contributed by atoms with Gasteiger partial charge in [0.25, 0.3) is 5.91 Å². The van der Waals surface area contributed by atoms with E-state index in [1.165, 1.54) is 6.08 Å². The van der Waals surface area contributed by atoms with E-state index in [4.69, 9.17) is 4.74 Å². The lowest BCUT2D eigenvalue weighted by Crippen LogP contribution is -2.31. The Balaban J connectivity index is 1.76. The Hall–Kier alpha value is -2.89. The summed E-state index contributed by atoms with van der Waals surface area (Å²) >= 11 is 0. The van der Waals surface area contributed by atoms with Gasteiger partial charge in [-0.1, -0.05) is 37.3 Å². The second kappa shape index (κ2) is 8.99. The summed E-state index contributed by atoms with van der Waals surface area (Å²) in [6.07, 6.45) is 2.98. The summed E-state index contributed by atoms with van der Waals surface area (Å²) in [5.74, 6) is -0.686. The Morgan fingerprint density at radius 3 is 2.58 bits per heavy atom. The predicted octanol–water partition coefficient (Wildman–Crippen LogP) is 2.51. The van der Waals surface area contributed by atoms with Crippen molar-refractivity contribution in [2.24, 2.45) is 7.05 Å². The van der Waals surface area contributed by atoms with Gasteiger partial charge in [0.15, 0.2) is 6.61 Å². The fraction of sp³-hybridized carbons (Fsp3) is 0.350. The minimum absolute atomic E-state index is 0.187. The van der Waals surface area contributed by atoms with Crippen molar-refractivity contribution in [3.05, 3.63) is 58.9 Å². The summed E-state index contributed by atoms with van der Waals surface area (Å²) < 4.78 is 6.74. The normalized spacial score (nSPS) is 12.2. The lowest BCUT2D eigenvalue weighted by atomic mass is 10.0. The van der Waals surface area contributed by atoms with Crippen LogP contribution in [0.15, 0.2) is 36.4 Å². The zero-order chi connectivity index (χ0) is 19.1. The molecule has 26 heavy (non-hydrogen) atoms. The summed E-state index contributed by atoms with van der Waals surface area (Å²) in [6.45, 7) is 6.02. The number of benzene rings is 1. The van der Waals surface area contributed by atoms with Gasteiger partial charge in [0.2, 0.25) is 0 Å². The maximum Gasteiger partial charge on any atom is 0.331 e. The van der Waals surface area contributed by atoms with Crippen molar-refractivity contribution in [1.29, 1.82) is 0 Å². The monoisotopic (exact) mass is 355 g/mol. The van der Waals surface area contributed by atoms with Crippen LogP contribution in [0, 0.1) is 13.8 Å². The molecule has 0 bridgehead atoms. The van der Waals surface area contributed by atoms with E-state index in [-0.39, 0.29) is 18.4 Å². The van der Waals surface area contributed by atoms with Gasteiger partial charge in [0.1, 0.15) is 0 Å². The van der Waals surface area contributed by atoms with Crippen LogP contribution in [0.1, 0.15) is 35.4 Å². The van der Waals surface area contributed by atoms with Crippen LogP contribution in [0.5, 0.6) is 0 Å². The highest BCUT2D eigenvalue weighted by molar-refractivity contribution is 5.89. The molecule has 0 saturated carbocycles. The number of aryl methyl sites for hydroxylation is 2. The fourth-order valence-electron chi connectivity index (χ4n) is 2.58. The Morgan fingerprint density at radius 2 is 1.96 bits per heavy atom. The second-order valence-electron chi connectivity index (χ2n) is 6.26. The van der Waals surface area contributed by atoms with E-state index in [0.29, 0.717) is 6.54 Å². The summed E-state index contributed by atoms with van der Waals surface area (Å²) in [4.78, 5) is 23.6. The first kappa shape index (κ1) is 19.4. The SMILES string of the molecule is Cc1nn(C)c(C)c1/C=C/C(=O)OCC(=O)NC[C@H](C)c1ccccc1. The summed E-state index contributed by atoms with van der Waals surface area (Å²) in [5.41, 5.74) is 3.82. The molecule has 1 aromatic carbocycles. The van der Waals surface area contributed by atoms with Crippen LogP contribution in [0.4, 0.5) is 0 Å². The quantitative estimate of drug-likeness (QED) is 0.612. The summed E-state index contributed by atoms with van der Waals surface area (Å²) in [6, 6.07) is 9.92. The highest BCUT2D eigenvalue weighted by Crippen LogP contribution is 2.14. The average Bonchev–Trinajstić information content (AvgIpc) is 2.88. The van der Waals surface area contributed by atoms with Crippen LogP contribution >= 0.6 is 0 Å². The number of ether oxygens (including phenoxy) is 1. The first-order valence-electron chi connectivity index (χ1n) is 8.55. The molecule has 6 heteroatoms. The molecule has 0 unspecified atom stereocenters. The van der Waals surface area contributed by atoms with Crippen LogP contribution in [0.25, 0.3) is 6.08 Å². The number of amides is 1. The van der Waals surface area contributed by atoms with Crippen molar-refractivity contribution in [1.82, 2.24) is 15.1 Å². The number of esters is 1. The largest absolute Gasteiger partial charge is 0.452 e. The first-order valence-corrected chi connectivity index (χ1v) is 8.55. The van der Waals surface area contributed by atoms with Gasteiger partial charge in [0.05, 0.1) is 5.69 Å². The fourth-order valence-corrected chi connectivity index (χ4v) is 2.58. The standard InChI is InChI=1S/C20H25N3O3/c1-14(17-8-6-5-7-9-17)12-21-19(24)13-26-20(25)11-10-18-15(2)22-23(4)16(18)3/h5-11,14H,12-13H2,1-4H3,(H,21,24)/b11-10+/t14-/m0/s1. The van der Waals surface area contributed by atoms with E-state index in [9.17, 15) is 9.59 Å². The van der Waals surface area contributed by atoms with E-state index < -0.39 is 5.97 Å². The van der Waals surface area contributed by atoms with Crippen molar-refractivity contribution >= 4 is 18.0 Å². The number of rotatable bonds is 7. The van der Waals surface area contributed by atoms with Crippen molar-refractivity contribution < 1.29 is 14.3 Å². The maximum atomic E-state index is 11.8. The van der Waals surface area contributed by atoms with Crippen molar-refractivity contribution in [2.75, 3.05) is 13.2 Å². The van der Waals surface area contributed by atoms with Gasteiger partial charge in [-0.05, 0) is 31.4 Å². The number of carbonyl (C=O) groups is 2. The topological polar surface area (TPSA) is 73.2 Å². The molecule has 1 amide bonds. The Bertz CT molecular complexity index is 794. The molecule has 1 atom stereocenters. The summed E-state index contributed by atoms with van der Waals surface area (Å²) in [7, 11) is 1.85. The molecule has 1 N–H and O–H groups in total. The molecule has 2 rings (SSSR count). The molecule has 0 aliphatic heterocycles. The van der Waals surface area contributed by atoms with E-state index in [1.54, 1.807) is 10.8 Å². The van der Waals surface area contributed by atoms with Gasteiger partial charge in [-0.25, -0.2) is 4.79 Å². The predicted molar refractivity (Wildman–Crippen MR) is 101 cm³/mol. The molecule has 6 nitrogen and oxygen atoms in total. The molecule has 0 fully saturated rings. The average molecular weight is 355 g/mol. The number of aromatic nitrogens is 2. The molecule has 2 aromatic rings. The van der Waals surface area contributed by atoms with E-state index in [1.807, 2.05) is 58.2 Å². The highest BCUT2D eigenvalue weighted by atomic mass is 16.5. The zero-order valence-electron chi connectivity index (χ0n) is 15.7. The molecule has 0 aliphatic carbocycles. The van der Waals surface area contributed by atoms with Crippen LogP contribution < -0.4 is 5.32 Å². The highest BCUT2D eigenvalue weighted by Gasteiger charge is 2.10. The summed E-state index contributed by atoms with van der Waals surface area (Å²) in [5, 5.41) is 7.06. The number of nitrogens with one attached hydrogen (secondary N) is 1. The van der Waals surface area contributed by atoms with Crippen molar-refractivity contribution in [3.63, 3.8) is 0 Å². The molecule has 0 aliphatic rings. The second-order valence-corrected chi connectivity index (χ2v) is 6.26. The molecule has 138 valence electrons. The molecule has 0 saturated heterocycles. The van der Waals surface area contributed by atoms with Crippen molar-refractivity contribution in [3.8, 4) is 0 Å². The smallest absolute Gasteiger partial charge is 0.331 e. The first-order chi connectivity index (χ1) is 12.4. The third-order valence-corrected chi connectivity index (χ3v) is 4.27. The minimum atomic E-state index is -0.557. The van der Waals surface area contributed by atoms with Gasteiger partial charge in [0, 0.05) is 30.9 Å². The van der Waals surface area contributed by atoms with Gasteiger partial charge in [-0.2, -0.15) is 5.10 Å². The Morgan fingerprint density at radius 1 is 1.27 bits per heavy atom. The van der Waals surface area contributed by atoms with Crippen molar-refractivity contribution in [2.45, 2.75) is 26.7 Å². The van der Waals surface area contributed by atoms with Gasteiger partial charge >= 0.3 is 5.97 Å². The van der Waals surface area contributed by atoms with E-state index in [2.05, 4.69) is 10.4 Å². The van der Waals surface area contributed by atoms with Gasteiger partial charge < -0.3 is 10.1 Å². The minimum Gasteiger partial charge on any atom is -0.452 e. The molecule has 1 heterocycles. The molecular formula is C20H25N3O3. The third-order valence-electron chi connectivity index (χ3n) is 4.27. The van der Waals surface area contributed by atoms with Crippen LogP contribution in [-0.4, -0.2) is 34.8 Å². The third kappa shape index (κ3) is 5.31. The Labute approximate surface area is 153 Å². The number of hydrogen-bond donors (Lipinski definition) is 1. The molecular weight excluding hydrogens is 330 g/mol. The van der Waals surface area contributed by atoms with Gasteiger partial charge in [-0.3, -0.25) is 9.48 Å². The Kier molecular flexibility index (Phi) is 6.72. The van der Waals surface area contributed by atoms with E-state index >= 15 is 0 Å². The van der Waals surface area contributed by atoms with Crippen LogP contribution in [0.3, 0.4) is 0 Å². The van der Waals surface area contributed by atoms with Crippen LogP contribution in [0.2, 0.25) is 0 Å². The zero-order valence-corrected chi connectivity index (χ0v) is 15.7. The van der Waals surface area contributed by atoms with Gasteiger partial charge in [-0.15, -0.1) is 0 Å². The molecule has 0 radical (unpaired) electrons.